The Labute approximate surface area is 115 Å². The van der Waals surface area contributed by atoms with Gasteiger partial charge in [-0.15, -0.1) is 0 Å². The molecule has 1 fully saturated rings. The normalized spacial score (nSPS) is 21.7. The first-order chi connectivity index (χ1) is 8.98. The first-order valence-corrected chi connectivity index (χ1v) is 8.32. The Hall–Kier alpha value is -1.07. The molecule has 0 spiro atoms. The molecule has 0 saturated carbocycles. The molecular formula is C14H21NO3S. The molecule has 0 N–H and O–H groups in total. The van der Waals surface area contributed by atoms with Crippen molar-refractivity contribution < 1.29 is 13.2 Å². The van der Waals surface area contributed by atoms with Crippen molar-refractivity contribution >= 4 is 9.84 Å². The molecule has 1 atom stereocenters. The number of rotatable bonds is 5. The van der Waals surface area contributed by atoms with Crippen molar-refractivity contribution in [2.75, 3.05) is 32.2 Å². The Kier molecular flexibility index (Phi) is 4.47. The van der Waals surface area contributed by atoms with Crippen LogP contribution in [0.15, 0.2) is 24.3 Å². The molecule has 1 aliphatic rings. The van der Waals surface area contributed by atoms with Crippen molar-refractivity contribution in [1.29, 1.82) is 0 Å². The second-order valence-corrected chi connectivity index (χ2v) is 7.55. The molecule has 0 amide bonds. The van der Waals surface area contributed by atoms with E-state index in [2.05, 4.69) is 11.0 Å². The van der Waals surface area contributed by atoms with Gasteiger partial charge in [0.1, 0.15) is 5.75 Å². The van der Waals surface area contributed by atoms with Gasteiger partial charge in [-0.1, -0.05) is 12.1 Å². The third-order valence-electron chi connectivity index (χ3n) is 3.48. The zero-order valence-electron chi connectivity index (χ0n) is 11.5. The summed E-state index contributed by atoms with van der Waals surface area (Å²) < 4.78 is 28.1. The van der Waals surface area contributed by atoms with E-state index in [0.29, 0.717) is 11.5 Å². The molecule has 0 aromatic heterocycles. The van der Waals surface area contributed by atoms with Crippen molar-refractivity contribution in [3.05, 3.63) is 29.8 Å². The van der Waals surface area contributed by atoms with Gasteiger partial charge in [0, 0.05) is 13.1 Å². The maximum atomic E-state index is 11.4. The molecule has 1 saturated heterocycles. The lowest BCUT2D eigenvalue weighted by atomic mass is 10.1. The summed E-state index contributed by atoms with van der Waals surface area (Å²) in [6.07, 6.45) is 0.796. The summed E-state index contributed by atoms with van der Waals surface area (Å²) >= 11 is 0. The number of sulfone groups is 1. The van der Waals surface area contributed by atoms with Crippen LogP contribution in [0.25, 0.3) is 0 Å². The number of hydrogen-bond acceptors (Lipinski definition) is 4. The summed E-state index contributed by atoms with van der Waals surface area (Å²) in [5.41, 5.74) is 1.18. The predicted octanol–water partition coefficient (Wildman–Crippen LogP) is 1.56. The number of hydrogen-bond donors (Lipinski definition) is 0. The Morgan fingerprint density at radius 3 is 2.84 bits per heavy atom. The van der Waals surface area contributed by atoms with Crippen LogP contribution in [-0.2, 0) is 16.4 Å². The first kappa shape index (κ1) is 14.3. The van der Waals surface area contributed by atoms with E-state index in [4.69, 9.17) is 4.74 Å². The minimum Gasteiger partial charge on any atom is -0.497 e. The van der Waals surface area contributed by atoms with Crippen molar-refractivity contribution in [2.24, 2.45) is 5.92 Å². The van der Waals surface area contributed by atoms with E-state index in [0.717, 1.165) is 25.3 Å². The van der Waals surface area contributed by atoms with Crippen LogP contribution in [0, 0.1) is 5.92 Å². The highest BCUT2D eigenvalue weighted by Gasteiger charge is 2.28. The van der Waals surface area contributed by atoms with E-state index in [1.165, 1.54) is 5.56 Å². The summed E-state index contributed by atoms with van der Waals surface area (Å²) in [6, 6.07) is 7.97. The number of methoxy groups -OCH3 is 1. The molecule has 106 valence electrons. The Morgan fingerprint density at radius 1 is 1.42 bits per heavy atom. The van der Waals surface area contributed by atoms with Gasteiger partial charge >= 0.3 is 0 Å². The second-order valence-electron chi connectivity index (χ2n) is 5.32. The largest absolute Gasteiger partial charge is 0.497 e. The molecule has 2 rings (SSSR count). The van der Waals surface area contributed by atoms with Crippen molar-refractivity contribution in [1.82, 2.24) is 4.90 Å². The Morgan fingerprint density at radius 2 is 2.21 bits per heavy atom. The quantitative estimate of drug-likeness (QED) is 0.823. The highest BCUT2D eigenvalue weighted by atomic mass is 32.2. The van der Waals surface area contributed by atoms with Crippen LogP contribution in [-0.4, -0.2) is 45.5 Å². The number of ether oxygens (including phenoxy) is 1. The summed E-state index contributed by atoms with van der Waals surface area (Å²) in [7, 11) is 0.920. The third kappa shape index (κ3) is 4.21. The molecular weight excluding hydrogens is 262 g/mol. The summed E-state index contributed by atoms with van der Waals surface area (Å²) in [6.45, 7) is 1.64. The van der Waals surface area contributed by atoms with Crippen LogP contribution in [0.4, 0.5) is 0 Å². The Bertz CT molecular complexity index is 527. The van der Waals surface area contributed by atoms with Gasteiger partial charge in [0.05, 0.1) is 18.6 Å². The summed E-state index contributed by atoms with van der Waals surface area (Å²) in [5, 5.41) is 0. The van der Waals surface area contributed by atoms with E-state index in [9.17, 15) is 8.42 Å². The molecule has 5 heteroatoms. The van der Waals surface area contributed by atoms with Crippen LogP contribution in [0.2, 0.25) is 0 Å². The van der Waals surface area contributed by atoms with Gasteiger partial charge in [-0.3, -0.25) is 0 Å². The van der Waals surface area contributed by atoms with Gasteiger partial charge in [-0.2, -0.15) is 0 Å². The molecule has 1 aliphatic heterocycles. The van der Waals surface area contributed by atoms with E-state index < -0.39 is 9.84 Å². The van der Waals surface area contributed by atoms with Crippen LogP contribution >= 0.6 is 0 Å². The lowest BCUT2D eigenvalue weighted by molar-refractivity contribution is 0.281. The molecule has 1 unspecified atom stereocenters. The standard InChI is InChI=1S/C14H21NO3S/c1-15(10-13-6-7-19(16,17)11-13)9-12-4-3-5-14(8-12)18-2/h3-5,8,13H,6-7,9-11H2,1-2H3. The highest BCUT2D eigenvalue weighted by molar-refractivity contribution is 7.91. The zero-order valence-corrected chi connectivity index (χ0v) is 12.3. The maximum absolute atomic E-state index is 11.4. The van der Waals surface area contributed by atoms with Gasteiger partial charge < -0.3 is 9.64 Å². The fraction of sp³-hybridized carbons (Fsp3) is 0.571. The average molecular weight is 283 g/mol. The molecule has 1 aromatic rings. The second kappa shape index (κ2) is 5.92. The van der Waals surface area contributed by atoms with Gasteiger partial charge in [0.15, 0.2) is 9.84 Å². The lowest BCUT2D eigenvalue weighted by Crippen LogP contribution is -2.26. The van der Waals surface area contributed by atoms with Crippen LogP contribution in [0.5, 0.6) is 5.75 Å². The third-order valence-corrected chi connectivity index (χ3v) is 5.32. The molecule has 1 heterocycles. The molecule has 0 bridgehead atoms. The van der Waals surface area contributed by atoms with Crippen molar-refractivity contribution in [3.8, 4) is 5.75 Å². The fourth-order valence-corrected chi connectivity index (χ4v) is 4.45. The van der Waals surface area contributed by atoms with Crippen molar-refractivity contribution in [3.63, 3.8) is 0 Å². The van der Waals surface area contributed by atoms with Crippen LogP contribution < -0.4 is 4.74 Å². The van der Waals surface area contributed by atoms with E-state index in [1.807, 2.05) is 25.2 Å². The van der Waals surface area contributed by atoms with Crippen molar-refractivity contribution in [2.45, 2.75) is 13.0 Å². The van der Waals surface area contributed by atoms with Gasteiger partial charge in [-0.05, 0) is 37.1 Å². The maximum Gasteiger partial charge on any atom is 0.150 e. The summed E-state index contributed by atoms with van der Waals surface area (Å²) in [5.74, 6) is 1.83. The highest BCUT2D eigenvalue weighted by Crippen LogP contribution is 2.20. The fourth-order valence-electron chi connectivity index (χ4n) is 2.60. The smallest absolute Gasteiger partial charge is 0.150 e. The molecule has 0 radical (unpaired) electrons. The first-order valence-electron chi connectivity index (χ1n) is 6.50. The zero-order chi connectivity index (χ0) is 13.9. The number of nitrogens with zero attached hydrogens (tertiary/aromatic N) is 1. The van der Waals surface area contributed by atoms with Gasteiger partial charge in [-0.25, -0.2) is 8.42 Å². The molecule has 4 nitrogen and oxygen atoms in total. The SMILES string of the molecule is COc1cccc(CN(C)CC2CCS(=O)(=O)C2)c1. The van der Waals surface area contributed by atoms with E-state index >= 15 is 0 Å². The number of benzene rings is 1. The lowest BCUT2D eigenvalue weighted by Gasteiger charge is -2.20. The average Bonchev–Trinajstić information content (AvgIpc) is 2.68. The minimum absolute atomic E-state index is 0.278. The molecule has 0 aliphatic carbocycles. The van der Waals surface area contributed by atoms with E-state index in [-0.39, 0.29) is 5.92 Å². The van der Waals surface area contributed by atoms with Gasteiger partial charge in [0.2, 0.25) is 0 Å². The topological polar surface area (TPSA) is 46.6 Å². The van der Waals surface area contributed by atoms with Crippen LogP contribution in [0.1, 0.15) is 12.0 Å². The van der Waals surface area contributed by atoms with Gasteiger partial charge in [0.25, 0.3) is 0 Å². The van der Waals surface area contributed by atoms with Crippen LogP contribution in [0.3, 0.4) is 0 Å². The molecule has 1 aromatic carbocycles. The monoisotopic (exact) mass is 283 g/mol. The summed E-state index contributed by atoms with van der Waals surface area (Å²) in [4.78, 5) is 2.18. The Balaban J connectivity index is 1.89. The van der Waals surface area contributed by atoms with E-state index in [1.54, 1.807) is 7.11 Å². The predicted molar refractivity (Wildman–Crippen MR) is 76.1 cm³/mol. The minimum atomic E-state index is -2.77. The molecule has 19 heavy (non-hydrogen) atoms.